The smallest absolute Gasteiger partial charge is 0.0938 e. The van der Waals surface area contributed by atoms with E-state index in [2.05, 4.69) is 0 Å². The Balaban J connectivity index is 2.29. The molecule has 0 radical (unpaired) electrons. The molecular weight excluding hydrogens is 184 g/mol. The van der Waals surface area contributed by atoms with Crippen LogP contribution >= 0.6 is 0 Å². The molecule has 1 aliphatic rings. The van der Waals surface area contributed by atoms with Crippen molar-refractivity contribution in [1.29, 1.82) is 0 Å². The molecule has 3 unspecified atom stereocenters. The molecule has 0 aromatic rings. The van der Waals surface area contributed by atoms with Crippen LogP contribution in [0.3, 0.4) is 0 Å². The van der Waals surface area contributed by atoms with Crippen molar-refractivity contribution in [1.82, 2.24) is 4.90 Å². The van der Waals surface area contributed by atoms with E-state index in [1.807, 2.05) is 11.8 Å². The zero-order valence-electron chi connectivity index (χ0n) is 8.59. The lowest BCUT2D eigenvalue weighted by Crippen LogP contribution is -2.37. The number of nitrogens with zero attached hydrogens (tertiary/aromatic N) is 1. The summed E-state index contributed by atoms with van der Waals surface area (Å²) in [5.41, 5.74) is 5.53. The van der Waals surface area contributed by atoms with Crippen LogP contribution in [0.1, 0.15) is 6.92 Å². The third kappa shape index (κ3) is 3.18. The number of β-amino-alcohol motifs (C(OH)–C–C–N with tert-alkyl or cyclic N) is 2. The Morgan fingerprint density at radius 3 is 2.43 bits per heavy atom. The average molecular weight is 204 g/mol. The molecule has 1 fully saturated rings. The molecule has 0 amide bonds. The summed E-state index contributed by atoms with van der Waals surface area (Å²) in [6.45, 7) is 4.72. The summed E-state index contributed by atoms with van der Waals surface area (Å²) in [4.78, 5) is 1.97. The third-order valence-corrected chi connectivity index (χ3v) is 2.46. The average Bonchev–Trinajstić information content (AvgIpc) is 2.45. The highest BCUT2D eigenvalue weighted by atomic mass is 16.5. The SMILES string of the molecule is CCOC(CN)CN1CC(O)C(O)C1. The van der Waals surface area contributed by atoms with Crippen molar-refractivity contribution in [3.05, 3.63) is 0 Å². The van der Waals surface area contributed by atoms with Gasteiger partial charge in [0.1, 0.15) is 0 Å². The molecule has 1 heterocycles. The molecule has 0 bridgehead atoms. The van der Waals surface area contributed by atoms with E-state index in [1.54, 1.807) is 0 Å². The minimum atomic E-state index is -0.630. The zero-order valence-corrected chi connectivity index (χ0v) is 8.59. The number of rotatable bonds is 5. The fourth-order valence-electron chi connectivity index (χ4n) is 1.72. The largest absolute Gasteiger partial charge is 0.389 e. The first-order valence-electron chi connectivity index (χ1n) is 5.07. The molecule has 0 saturated carbocycles. The minimum Gasteiger partial charge on any atom is -0.389 e. The lowest BCUT2D eigenvalue weighted by molar-refractivity contribution is 0.0415. The molecule has 1 saturated heterocycles. The van der Waals surface area contributed by atoms with E-state index in [9.17, 15) is 10.2 Å². The van der Waals surface area contributed by atoms with Gasteiger partial charge >= 0.3 is 0 Å². The van der Waals surface area contributed by atoms with Gasteiger partial charge in [-0.1, -0.05) is 0 Å². The van der Waals surface area contributed by atoms with E-state index in [4.69, 9.17) is 10.5 Å². The molecule has 14 heavy (non-hydrogen) atoms. The summed E-state index contributed by atoms with van der Waals surface area (Å²) in [6.07, 6.45) is -1.26. The first kappa shape index (κ1) is 11.9. The van der Waals surface area contributed by atoms with Crippen LogP contribution in [-0.4, -0.2) is 66.2 Å². The summed E-state index contributed by atoms with van der Waals surface area (Å²) in [7, 11) is 0. The van der Waals surface area contributed by atoms with E-state index in [1.165, 1.54) is 0 Å². The highest BCUT2D eigenvalue weighted by Gasteiger charge is 2.30. The van der Waals surface area contributed by atoms with Gasteiger partial charge in [0.25, 0.3) is 0 Å². The summed E-state index contributed by atoms with van der Waals surface area (Å²) >= 11 is 0. The molecule has 5 heteroatoms. The molecule has 4 N–H and O–H groups in total. The van der Waals surface area contributed by atoms with Gasteiger partial charge in [0.2, 0.25) is 0 Å². The second-order valence-electron chi connectivity index (χ2n) is 3.67. The van der Waals surface area contributed by atoms with E-state index in [-0.39, 0.29) is 6.10 Å². The number of hydrogen-bond acceptors (Lipinski definition) is 5. The standard InChI is InChI=1S/C9H20N2O3/c1-2-14-7(3-10)4-11-5-8(12)9(13)6-11/h7-9,12-13H,2-6,10H2,1H3. The molecular formula is C9H20N2O3. The van der Waals surface area contributed by atoms with Gasteiger partial charge < -0.3 is 20.7 Å². The fourth-order valence-corrected chi connectivity index (χ4v) is 1.72. The molecule has 1 aliphatic heterocycles. The first-order valence-corrected chi connectivity index (χ1v) is 5.07. The molecule has 3 atom stereocenters. The van der Waals surface area contributed by atoms with Gasteiger partial charge in [-0.15, -0.1) is 0 Å². The monoisotopic (exact) mass is 204 g/mol. The van der Waals surface area contributed by atoms with Crippen molar-refractivity contribution in [3.8, 4) is 0 Å². The van der Waals surface area contributed by atoms with Gasteiger partial charge in [-0.2, -0.15) is 0 Å². The van der Waals surface area contributed by atoms with Crippen LogP contribution < -0.4 is 5.73 Å². The van der Waals surface area contributed by atoms with Gasteiger partial charge in [-0.25, -0.2) is 0 Å². The van der Waals surface area contributed by atoms with Crippen LogP contribution in [0.2, 0.25) is 0 Å². The predicted molar refractivity (Wildman–Crippen MR) is 52.9 cm³/mol. The van der Waals surface area contributed by atoms with Gasteiger partial charge in [0.15, 0.2) is 0 Å². The Labute approximate surface area is 84.5 Å². The van der Waals surface area contributed by atoms with Gasteiger partial charge in [0, 0.05) is 32.8 Å². The first-order chi connectivity index (χ1) is 6.67. The van der Waals surface area contributed by atoms with Crippen molar-refractivity contribution < 1.29 is 14.9 Å². The summed E-state index contributed by atoms with van der Waals surface area (Å²) < 4.78 is 5.39. The summed E-state index contributed by atoms with van der Waals surface area (Å²) in [6, 6.07) is 0. The van der Waals surface area contributed by atoms with Crippen molar-refractivity contribution in [2.24, 2.45) is 5.73 Å². The van der Waals surface area contributed by atoms with Crippen molar-refractivity contribution in [2.75, 3.05) is 32.8 Å². The number of nitrogens with two attached hydrogens (primary N) is 1. The highest BCUT2D eigenvalue weighted by molar-refractivity contribution is 4.84. The third-order valence-electron chi connectivity index (χ3n) is 2.46. The van der Waals surface area contributed by atoms with Crippen LogP contribution in [0, 0.1) is 0 Å². The summed E-state index contributed by atoms with van der Waals surface area (Å²) in [5.74, 6) is 0. The maximum absolute atomic E-state index is 9.32. The molecule has 0 aromatic carbocycles. The quantitative estimate of drug-likeness (QED) is 0.502. The van der Waals surface area contributed by atoms with Gasteiger partial charge in [-0.3, -0.25) is 4.90 Å². The molecule has 0 spiro atoms. The summed E-state index contributed by atoms with van der Waals surface area (Å²) in [5, 5.41) is 18.6. The Morgan fingerprint density at radius 2 is 2.00 bits per heavy atom. The predicted octanol–water partition coefficient (Wildman–Crippen LogP) is -1.61. The number of aliphatic hydroxyl groups excluding tert-OH is 2. The van der Waals surface area contributed by atoms with Crippen LogP contribution in [0.25, 0.3) is 0 Å². The number of ether oxygens (including phenoxy) is 1. The number of hydrogen-bond donors (Lipinski definition) is 3. The number of likely N-dealkylation sites (tertiary alicyclic amines) is 1. The molecule has 1 rings (SSSR count). The Hall–Kier alpha value is -0.200. The maximum Gasteiger partial charge on any atom is 0.0938 e. The van der Waals surface area contributed by atoms with Crippen LogP contribution in [0.15, 0.2) is 0 Å². The molecule has 0 aliphatic carbocycles. The fraction of sp³-hybridized carbons (Fsp3) is 1.00. The molecule has 5 nitrogen and oxygen atoms in total. The Kier molecular flexibility index (Phi) is 4.77. The number of aliphatic hydroxyl groups is 2. The second kappa shape index (κ2) is 5.63. The maximum atomic E-state index is 9.32. The zero-order chi connectivity index (χ0) is 10.6. The molecule has 0 aromatic heterocycles. The molecule has 84 valence electrons. The Morgan fingerprint density at radius 1 is 1.43 bits per heavy atom. The normalized spacial score (nSPS) is 30.9. The van der Waals surface area contributed by atoms with Crippen molar-refractivity contribution in [3.63, 3.8) is 0 Å². The van der Waals surface area contributed by atoms with E-state index < -0.39 is 12.2 Å². The highest BCUT2D eigenvalue weighted by Crippen LogP contribution is 2.10. The Bertz CT molecular complexity index is 158. The van der Waals surface area contributed by atoms with Crippen LogP contribution in [0.5, 0.6) is 0 Å². The van der Waals surface area contributed by atoms with Crippen LogP contribution in [-0.2, 0) is 4.74 Å². The van der Waals surface area contributed by atoms with E-state index in [0.29, 0.717) is 32.8 Å². The minimum absolute atomic E-state index is 0.00231. The second-order valence-corrected chi connectivity index (χ2v) is 3.67. The van der Waals surface area contributed by atoms with E-state index in [0.717, 1.165) is 0 Å². The van der Waals surface area contributed by atoms with E-state index >= 15 is 0 Å². The van der Waals surface area contributed by atoms with Gasteiger partial charge in [0.05, 0.1) is 18.3 Å². The van der Waals surface area contributed by atoms with Crippen molar-refractivity contribution >= 4 is 0 Å². The topological polar surface area (TPSA) is 79.0 Å². The lowest BCUT2D eigenvalue weighted by Gasteiger charge is -2.21. The van der Waals surface area contributed by atoms with Crippen molar-refractivity contribution in [2.45, 2.75) is 25.2 Å². The van der Waals surface area contributed by atoms with Gasteiger partial charge in [-0.05, 0) is 6.92 Å². The lowest BCUT2D eigenvalue weighted by atomic mass is 10.3. The van der Waals surface area contributed by atoms with Crippen LogP contribution in [0.4, 0.5) is 0 Å².